The summed E-state index contributed by atoms with van der Waals surface area (Å²) in [6.07, 6.45) is 5.45. The van der Waals surface area contributed by atoms with Crippen LogP contribution < -0.4 is 5.32 Å². The molecule has 0 saturated carbocycles. The maximum atomic E-state index is 12.4. The predicted octanol–water partition coefficient (Wildman–Crippen LogP) is 3.00. The van der Waals surface area contributed by atoms with E-state index in [1.54, 1.807) is 0 Å². The van der Waals surface area contributed by atoms with E-state index in [-0.39, 0.29) is 5.91 Å². The zero-order valence-corrected chi connectivity index (χ0v) is 15.1. The second kappa shape index (κ2) is 5.73. The molecule has 1 aromatic carbocycles. The molecule has 0 spiro atoms. The minimum absolute atomic E-state index is 0.0176. The minimum Gasteiger partial charge on any atom is -0.349 e. The third kappa shape index (κ3) is 2.14. The second-order valence-electron chi connectivity index (χ2n) is 7.26. The molecule has 1 amide bonds. The summed E-state index contributed by atoms with van der Waals surface area (Å²) in [7, 11) is 0. The summed E-state index contributed by atoms with van der Waals surface area (Å²) in [5.41, 5.74) is 7.78. The highest BCUT2D eigenvalue weighted by Crippen LogP contribution is 2.37. The number of para-hydroxylation sites is 1. The van der Waals surface area contributed by atoms with Crippen LogP contribution in [0.3, 0.4) is 0 Å². The molecule has 6 rings (SSSR count). The van der Waals surface area contributed by atoms with Gasteiger partial charge in [-0.1, -0.05) is 24.3 Å². The van der Waals surface area contributed by atoms with Crippen molar-refractivity contribution in [3.05, 3.63) is 65.6 Å². The molecule has 1 aliphatic carbocycles. The van der Waals surface area contributed by atoms with Gasteiger partial charge in [-0.2, -0.15) is 5.10 Å². The smallest absolute Gasteiger partial charge is 0.269 e. The Bertz CT molecular complexity index is 1270. The first-order valence-corrected chi connectivity index (χ1v) is 9.51. The van der Waals surface area contributed by atoms with E-state index >= 15 is 0 Å². The number of carbonyl (C=O) groups excluding carboxylic acids is 1. The van der Waals surface area contributed by atoms with Gasteiger partial charge in [-0.15, -0.1) is 0 Å². The van der Waals surface area contributed by atoms with E-state index in [2.05, 4.69) is 34.6 Å². The molecule has 0 bridgehead atoms. The fourth-order valence-electron chi connectivity index (χ4n) is 4.35. The van der Waals surface area contributed by atoms with Crippen molar-refractivity contribution in [1.29, 1.82) is 0 Å². The van der Waals surface area contributed by atoms with E-state index < -0.39 is 0 Å². The lowest BCUT2D eigenvalue weighted by Crippen LogP contribution is -2.36. The molecule has 6 nitrogen and oxygen atoms in total. The Balaban J connectivity index is 1.56. The Morgan fingerprint density at radius 3 is 2.93 bits per heavy atom. The fourth-order valence-corrected chi connectivity index (χ4v) is 4.35. The van der Waals surface area contributed by atoms with Crippen LogP contribution in [0.2, 0.25) is 0 Å². The summed E-state index contributed by atoms with van der Waals surface area (Å²) in [6, 6.07) is 12.3. The van der Waals surface area contributed by atoms with Gasteiger partial charge in [0.05, 0.1) is 23.4 Å². The zero-order valence-electron chi connectivity index (χ0n) is 15.1. The average molecular weight is 367 g/mol. The van der Waals surface area contributed by atoms with Gasteiger partial charge in [0.1, 0.15) is 5.69 Å². The number of aryl methyl sites for hydroxylation is 1. The van der Waals surface area contributed by atoms with Gasteiger partial charge in [-0.05, 0) is 30.5 Å². The lowest BCUT2D eigenvalue weighted by molar-refractivity contribution is 0.0923. The number of rotatable bonds is 1. The van der Waals surface area contributed by atoms with Crippen LogP contribution in [-0.2, 0) is 19.4 Å². The second-order valence-corrected chi connectivity index (χ2v) is 7.26. The molecule has 1 N–H and O–H groups in total. The Morgan fingerprint density at radius 2 is 1.96 bits per heavy atom. The van der Waals surface area contributed by atoms with Crippen LogP contribution >= 0.6 is 0 Å². The first-order chi connectivity index (χ1) is 13.8. The van der Waals surface area contributed by atoms with Gasteiger partial charge < -0.3 is 5.32 Å². The molecule has 6 heteroatoms. The topological polar surface area (TPSA) is 72.7 Å². The SMILES string of the molecule is O=C1NCCn2nc3c(c21)CCc1cnc(-c2cccc4cccnc24)cc1-3. The molecule has 28 heavy (non-hydrogen) atoms. The summed E-state index contributed by atoms with van der Waals surface area (Å²) in [5, 5.41) is 8.82. The number of amides is 1. The van der Waals surface area contributed by atoms with Crippen molar-refractivity contribution in [2.45, 2.75) is 19.4 Å². The van der Waals surface area contributed by atoms with Crippen LogP contribution in [0.1, 0.15) is 21.6 Å². The molecule has 0 saturated heterocycles. The number of pyridine rings is 2. The van der Waals surface area contributed by atoms with E-state index in [1.165, 1.54) is 5.56 Å². The standard InChI is InChI=1S/C22H17N5O/c28-22-21-16-7-6-14-12-25-18(11-17(14)20(16)26-27(21)10-9-24-22)15-5-1-3-13-4-2-8-23-19(13)15/h1-5,8,11-12H,6-7,9-10H2,(H,24,28). The van der Waals surface area contributed by atoms with Crippen molar-refractivity contribution in [1.82, 2.24) is 25.1 Å². The summed E-state index contributed by atoms with van der Waals surface area (Å²) in [4.78, 5) is 21.7. The van der Waals surface area contributed by atoms with Gasteiger partial charge in [0.2, 0.25) is 0 Å². The lowest BCUT2D eigenvalue weighted by atomic mass is 9.89. The van der Waals surface area contributed by atoms with Gasteiger partial charge in [0.15, 0.2) is 0 Å². The monoisotopic (exact) mass is 367 g/mol. The number of carbonyl (C=O) groups is 1. The molecule has 1 aliphatic heterocycles. The number of aromatic nitrogens is 4. The number of nitrogens with zero attached hydrogens (tertiary/aromatic N) is 4. The molecular formula is C22H17N5O. The third-order valence-corrected chi connectivity index (χ3v) is 5.67. The number of nitrogens with one attached hydrogen (secondary N) is 1. The largest absolute Gasteiger partial charge is 0.349 e. The third-order valence-electron chi connectivity index (χ3n) is 5.67. The van der Waals surface area contributed by atoms with Crippen molar-refractivity contribution in [3.8, 4) is 22.5 Å². The van der Waals surface area contributed by atoms with Crippen LogP contribution in [0.15, 0.2) is 48.8 Å². The normalized spacial score (nSPS) is 14.9. The molecule has 0 radical (unpaired) electrons. The molecule has 0 unspecified atom stereocenters. The number of hydrogen-bond donors (Lipinski definition) is 1. The van der Waals surface area contributed by atoms with Gasteiger partial charge in [0.25, 0.3) is 5.91 Å². The van der Waals surface area contributed by atoms with Gasteiger partial charge in [-0.25, -0.2) is 0 Å². The first-order valence-electron chi connectivity index (χ1n) is 9.51. The molecule has 0 atom stereocenters. The van der Waals surface area contributed by atoms with E-state index in [0.29, 0.717) is 13.1 Å². The predicted molar refractivity (Wildman–Crippen MR) is 106 cm³/mol. The summed E-state index contributed by atoms with van der Waals surface area (Å²) in [5.74, 6) is -0.0176. The Hall–Kier alpha value is -3.54. The van der Waals surface area contributed by atoms with Gasteiger partial charge >= 0.3 is 0 Å². The molecular weight excluding hydrogens is 350 g/mol. The molecule has 136 valence electrons. The van der Waals surface area contributed by atoms with Crippen molar-refractivity contribution in [2.75, 3.05) is 6.54 Å². The maximum absolute atomic E-state index is 12.4. The van der Waals surface area contributed by atoms with Gasteiger partial charge in [0, 0.05) is 41.0 Å². The highest BCUT2D eigenvalue weighted by atomic mass is 16.2. The Labute approximate surface area is 161 Å². The summed E-state index contributed by atoms with van der Waals surface area (Å²) in [6.45, 7) is 1.34. The van der Waals surface area contributed by atoms with Crippen molar-refractivity contribution in [2.24, 2.45) is 0 Å². The number of hydrogen-bond acceptors (Lipinski definition) is 4. The Kier molecular flexibility index (Phi) is 3.17. The number of fused-ring (bicyclic) bond motifs is 6. The van der Waals surface area contributed by atoms with Gasteiger partial charge in [-0.3, -0.25) is 19.4 Å². The first kappa shape index (κ1) is 15.5. The van der Waals surface area contributed by atoms with Crippen LogP contribution in [0.5, 0.6) is 0 Å². The summed E-state index contributed by atoms with van der Waals surface area (Å²) < 4.78 is 1.86. The van der Waals surface area contributed by atoms with E-state index in [1.807, 2.05) is 29.2 Å². The molecule has 4 heterocycles. The average Bonchev–Trinajstić information content (AvgIpc) is 3.13. The molecule has 0 fully saturated rings. The zero-order chi connectivity index (χ0) is 18.7. The maximum Gasteiger partial charge on any atom is 0.269 e. The highest BCUT2D eigenvalue weighted by molar-refractivity contribution is 5.97. The quantitative estimate of drug-likeness (QED) is 0.561. The van der Waals surface area contributed by atoms with Crippen LogP contribution in [-0.4, -0.2) is 32.2 Å². The van der Waals surface area contributed by atoms with Crippen LogP contribution in [0, 0.1) is 0 Å². The van der Waals surface area contributed by atoms with E-state index in [0.717, 1.165) is 57.5 Å². The van der Waals surface area contributed by atoms with Crippen LogP contribution in [0.25, 0.3) is 33.4 Å². The highest BCUT2D eigenvalue weighted by Gasteiger charge is 2.30. The fraction of sp³-hybridized carbons (Fsp3) is 0.182. The van der Waals surface area contributed by atoms with Crippen LogP contribution in [0.4, 0.5) is 0 Å². The number of benzene rings is 1. The summed E-state index contributed by atoms with van der Waals surface area (Å²) >= 11 is 0. The van der Waals surface area contributed by atoms with E-state index in [4.69, 9.17) is 10.1 Å². The lowest BCUT2D eigenvalue weighted by Gasteiger charge is -2.18. The Morgan fingerprint density at radius 1 is 1.04 bits per heavy atom. The molecule has 3 aromatic heterocycles. The molecule has 2 aliphatic rings. The van der Waals surface area contributed by atoms with Crippen molar-refractivity contribution < 1.29 is 4.79 Å². The van der Waals surface area contributed by atoms with Crippen molar-refractivity contribution in [3.63, 3.8) is 0 Å². The van der Waals surface area contributed by atoms with Crippen molar-refractivity contribution >= 4 is 16.8 Å². The minimum atomic E-state index is -0.0176. The molecule has 4 aromatic rings. The van der Waals surface area contributed by atoms with E-state index in [9.17, 15) is 4.79 Å².